The fourth-order valence-electron chi connectivity index (χ4n) is 2.86. The van der Waals surface area contributed by atoms with Crippen molar-refractivity contribution in [2.45, 2.75) is 30.1 Å². The summed E-state index contributed by atoms with van der Waals surface area (Å²) in [4.78, 5) is 1.65. The molecule has 0 aromatic heterocycles. The Labute approximate surface area is 149 Å². The summed E-state index contributed by atoms with van der Waals surface area (Å²) in [6.07, 6.45) is 0.934. The van der Waals surface area contributed by atoms with E-state index in [0.29, 0.717) is 23.9 Å². The first-order valence-electron chi connectivity index (χ1n) is 8.21. The minimum absolute atomic E-state index is 0.403. The lowest BCUT2D eigenvalue weighted by Gasteiger charge is -2.16. The van der Waals surface area contributed by atoms with Crippen molar-refractivity contribution in [3.63, 3.8) is 0 Å². The number of sulfonamides is 1. The fourth-order valence-corrected chi connectivity index (χ4v) is 5.42. The molecule has 1 aliphatic rings. The maximum atomic E-state index is 12.7. The molecule has 0 spiro atoms. The third-order valence-electron chi connectivity index (χ3n) is 4.41. The van der Waals surface area contributed by atoms with E-state index in [1.807, 2.05) is 30.8 Å². The first kappa shape index (κ1) is 17.5. The zero-order valence-electron chi connectivity index (χ0n) is 14.1. The number of thioether (sulfide) groups is 1. The number of hydrogen-bond acceptors (Lipinski definition) is 3. The summed E-state index contributed by atoms with van der Waals surface area (Å²) in [6, 6.07) is 15.6. The number of benzene rings is 2. The van der Waals surface area contributed by atoms with Crippen LogP contribution in [0.1, 0.15) is 17.5 Å². The summed E-state index contributed by atoms with van der Waals surface area (Å²) in [5.74, 6) is 1.37. The molecule has 2 aromatic carbocycles. The van der Waals surface area contributed by atoms with Crippen molar-refractivity contribution in [1.82, 2.24) is 4.31 Å². The first-order valence-corrected chi connectivity index (χ1v) is 10.6. The van der Waals surface area contributed by atoms with Crippen LogP contribution in [0.5, 0.6) is 0 Å². The lowest BCUT2D eigenvalue weighted by Crippen LogP contribution is -2.29. The van der Waals surface area contributed by atoms with Crippen LogP contribution in [0.15, 0.2) is 58.3 Å². The van der Waals surface area contributed by atoms with E-state index in [1.54, 1.807) is 16.4 Å². The Hall–Kier alpha value is -1.30. The van der Waals surface area contributed by atoms with Gasteiger partial charge in [-0.05, 0) is 50.5 Å². The minimum atomic E-state index is -3.35. The molecular formula is C19H23NO2S2. The van der Waals surface area contributed by atoms with Gasteiger partial charge in [0, 0.05) is 23.7 Å². The Morgan fingerprint density at radius 1 is 1.00 bits per heavy atom. The van der Waals surface area contributed by atoms with Crippen LogP contribution >= 0.6 is 11.8 Å². The largest absolute Gasteiger partial charge is 0.243 e. The van der Waals surface area contributed by atoms with E-state index in [4.69, 9.17) is 0 Å². The Balaban J connectivity index is 1.60. The van der Waals surface area contributed by atoms with Crippen molar-refractivity contribution in [2.24, 2.45) is 5.92 Å². The predicted octanol–water partition coefficient (Wildman–Crippen LogP) is 4.11. The molecule has 0 N–H and O–H groups in total. The molecule has 5 heteroatoms. The molecule has 24 heavy (non-hydrogen) atoms. The van der Waals surface area contributed by atoms with Crippen molar-refractivity contribution in [3.8, 4) is 0 Å². The molecule has 0 saturated carbocycles. The van der Waals surface area contributed by atoms with Gasteiger partial charge >= 0.3 is 0 Å². The van der Waals surface area contributed by atoms with Gasteiger partial charge in [0.2, 0.25) is 10.0 Å². The highest BCUT2D eigenvalue weighted by Crippen LogP contribution is 2.29. The van der Waals surface area contributed by atoms with Crippen LogP contribution in [-0.2, 0) is 10.0 Å². The van der Waals surface area contributed by atoms with Gasteiger partial charge in [-0.2, -0.15) is 4.31 Å². The summed E-state index contributed by atoms with van der Waals surface area (Å²) in [5, 5.41) is 0. The Morgan fingerprint density at radius 3 is 2.21 bits per heavy atom. The lowest BCUT2D eigenvalue weighted by atomic mass is 10.2. The average molecular weight is 362 g/mol. The fraction of sp³-hybridized carbons (Fsp3) is 0.368. The second-order valence-electron chi connectivity index (χ2n) is 6.45. The molecule has 1 atom stereocenters. The van der Waals surface area contributed by atoms with Gasteiger partial charge in [-0.15, -0.1) is 11.8 Å². The molecule has 128 valence electrons. The van der Waals surface area contributed by atoms with Gasteiger partial charge in [-0.1, -0.05) is 35.4 Å². The highest BCUT2D eigenvalue weighted by Gasteiger charge is 2.32. The molecule has 1 heterocycles. The summed E-state index contributed by atoms with van der Waals surface area (Å²) < 4.78 is 27.1. The third kappa shape index (κ3) is 4.02. The Morgan fingerprint density at radius 2 is 1.58 bits per heavy atom. The molecule has 3 nitrogen and oxygen atoms in total. The topological polar surface area (TPSA) is 37.4 Å². The van der Waals surface area contributed by atoms with Crippen LogP contribution in [0.25, 0.3) is 0 Å². The molecule has 1 aliphatic heterocycles. The minimum Gasteiger partial charge on any atom is -0.207 e. The van der Waals surface area contributed by atoms with Gasteiger partial charge in [0.05, 0.1) is 4.90 Å². The summed E-state index contributed by atoms with van der Waals surface area (Å²) in [7, 11) is -3.35. The second kappa shape index (κ2) is 7.30. The van der Waals surface area contributed by atoms with Gasteiger partial charge in [0.15, 0.2) is 0 Å². The van der Waals surface area contributed by atoms with Crippen LogP contribution in [0.2, 0.25) is 0 Å². The zero-order valence-corrected chi connectivity index (χ0v) is 15.7. The van der Waals surface area contributed by atoms with Crippen molar-refractivity contribution >= 4 is 21.8 Å². The lowest BCUT2D eigenvalue weighted by molar-refractivity contribution is 0.465. The Kier molecular flexibility index (Phi) is 5.33. The van der Waals surface area contributed by atoms with Gasteiger partial charge < -0.3 is 0 Å². The molecule has 1 saturated heterocycles. The molecule has 0 aliphatic carbocycles. The van der Waals surface area contributed by atoms with Crippen molar-refractivity contribution in [3.05, 3.63) is 59.7 Å². The third-order valence-corrected chi connectivity index (χ3v) is 7.54. The molecule has 0 bridgehead atoms. The van der Waals surface area contributed by atoms with Crippen molar-refractivity contribution < 1.29 is 8.42 Å². The second-order valence-corrected chi connectivity index (χ2v) is 9.49. The van der Waals surface area contributed by atoms with E-state index >= 15 is 0 Å². The predicted molar refractivity (Wildman–Crippen MR) is 99.9 cm³/mol. The summed E-state index contributed by atoms with van der Waals surface area (Å²) in [5.41, 5.74) is 2.33. The molecule has 0 radical (unpaired) electrons. The highest BCUT2D eigenvalue weighted by atomic mass is 32.2. The zero-order chi connectivity index (χ0) is 17.2. The molecule has 3 rings (SSSR count). The van der Waals surface area contributed by atoms with E-state index in [0.717, 1.165) is 17.7 Å². The van der Waals surface area contributed by atoms with Gasteiger partial charge in [-0.3, -0.25) is 0 Å². The van der Waals surface area contributed by atoms with Crippen LogP contribution in [0.4, 0.5) is 0 Å². The normalized spacial score (nSPS) is 18.8. The standard InChI is InChI=1S/C19H23NO2S2/c1-15-3-7-18(8-4-15)23-14-17-11-12-20(13-17)24(21,22)19-9-5-16(2)6-10-19/h3-10,17H,11-14H2,1-2H3. The van der Waals surface area contributed by atoms with Gasteiger partial charge in [-0.25, -0.2) is 8.42 Å². The van der Waals surface area contributed by atoms with Crippen molar-refractivity contribution in [2.75, 3.05) is 18.8 Å². The van der Waals surface area contributed by atoms with E-state index in [2.05, 4.69) is 31.2 Å². The molecule has 2 aromatic rings. The monoisotopic (exact) mass is 361 g/mol. The maximum Gasteiger partial charge on any atom is 0.243 e. The van der Waals surface area contributed by atoms with E-state index in [1.165, 1.54) is 10.5 Å². The van der Waals surface area contributed by atoms with Crippen molar-refractivity contribution in [1.29, 1.82) is 0 Å². The van der Waals surface area contributed by atoms with E-state index in [9.17, 15) is 8.42 Å². The first-order chi connectivity index (χ1) is 11.4. The van der Waals surface area contributed by atoms with E-state index < -0.39 is 10.0 Å². The van der Waals surface area contributed by atoms with Crippen LogP contribution in [0, 0.1) is 19.8 Å². The number of rotatable bonds is 5. The number of hydrogen-bond donors (Lipinski definition) is 0. The van der Waals surface area contributed by atoms with E-state index in [-0.39, 0.29) is 0 Å². The van der Waals surface area contributed by atoms with Crippen LogP contribution in [0.3, 0.4) is 0 Å². The smallest absolute Gasteiger partial charge is 0.207 e. The van der Waals surface area contributed by atoms with Crippen LogP contribution in [-0.4, -0.2) is 31.6 Å². The number of nitrogens with zero attached hydrogens (tertiary/aromatic N) is 1. The summed E-state index contributed by atoms with van der Waals surface area (Å²) >= 11 is 1.82. The number of aryl methyl sites for hydroxylation is 2. The molecule has 1 unspecified atom stereocenters. The quantitative estimate of drug-likeness (QED) is 0.752. The molecular weight excluding hydrogens is 338 g/mol. The highest BCUT2D eigenvalue weighted by molar-refractivity contribution is 7.99. The summed E-state index contributed by atoms with van der Waals surface area (Å²) in [6.45, 7) is 5.29. The Bertz CT molecular complexity index is 783. The molecule has 0 amide bonds. The molecule has 1 fully saturated rings. The van der Waals surface area contributed by atoms with Gasteiger partial charge in [0.25, 0.3) is 0 Å². The average Bonchev–Trinajstić information content (AvgIpc) is 3.04. The maximum absolute atomic E-state index is 12.7. The van der Waals surface area contributed by atoms with Crippen LogP contribution < -0.4 is 0 Å². The van der Waals surface area contributed by atoms with Gasteiger partial charge in [0.1, 0.15) is 0 Å². The SMILES string of the molecule is Cc1ccc(SCC2CCN(S(=O)(=O)c3ccc(C)cc3)C2)cc1.